The van der Waals surface area contributed by atoms with E-state index in [0.717, 1.165) is 11.1 Å². The van der Waals surface area contributed by atoms with Crippen LogP contribution in [-0.4, -0.2) is 0 Å². The average molecular weight is 313 g/mol. The molecule has 0 aliphatic heterocycles. The molecule has 0 aliphatic rings. The zero-order chi connectivity index (χ0) is 14.7. The summed E-state index contributed by atoms with van der Waals surface area (Å²) in [6, 6.07) is 9.85. The van der Waals surface area contributed by atoms with Crippen LogP contribution in [0.15, 0.2) is 36.4 Å². The summed E-state index contributed by atoms with van der Waals surface area (Å²) in [5, 5.41) is 1.16. The van der Waals surface area contributed by atoms with Crippen molar-refractivity contribution in [3.05, 3.63) is 69.0 Å². The van der Waals surface area contributed by atoms with Crippen LogP contribution < -0.4 is 11.3 Å². The van der Waals surface area contributed by atoms with Crippen molar-refractivity contribution in [2.45, 2.75) is 19.4 Å². The van der Waals surface area contributed by atoms with Gasteiger partial charge in [0.1, 0.15) is 5.82 Å². The number of nitrogens with one attached hydrogen (secondary N) is 1. The molecule has 0 aromatic heterocycles. The Kier molecular flexibility index (Phi) is 5.00. The van der Waals surface area contributed by atoms with Crippen LogP contribution in [0.5, 0.6) is 0 Å². The second kappa shape index (κ2) is 6.55. The minimum atomic E-state index is -0.297. The molecule has 1 atom stereocenters. The van der Waals surface area contributed by atoms with Crippen molar-refractivity contribution in [3.63, 3.8) is 0 Å². The van der Waals surface area contributed by atoms with E-state index in [-0.39, 0.29) is 11.9 Å². The van der Waals surface area contributed by atoms with E-state index in [0.29, 0.717) is 22.0 Å². The molecule has 0 aliphatic carbocycles. The SMILES string of the molecule is Cc1c(Cl)cccc1C(Cc1cc(Cl)ccc1F)NN. The molecule has 2 aromatic carbocycles. The summed E-state index contributed by atoms with van der Waals surface area (Å²) in [5.41, 5.74) is 5.10. The van der Waals surface area contributed by atoms with E-state index in [4.69, 9.17) is 29.0 Å². The van der Waals surface area contributed by atoms with Crippen LogP contribution in [0.1, 0.15) is 22.7 Å². The summed E-state index contributed by atoms with van der Waals surface area (Å²) in [4.78, 5) is 0. The Hall–Kier alpha value is -1.13. The van der Waals surface area contributed by atoms with E-state index in [1.165, 1.54) is 12.1 Å². The maximum Gasteiger partial charge on any atom is 0.126 e. The molecule has 2 rings (SSSR count). The quantitative estimate of drug-likeness (QED) is 0.656. The summed E-state index contributed by atoms with van der Waals surface area (Å²) in [6.07, 6.45) is 0.393. The van der Waals surface area contributed by atoms with Crippen molar-refractivity contribution >= 4 is 23.2 Å². The molecule has 0 saturated carbocycles. The van der Waals surface area contributed by atoms with Crippen molar-refractivity contribution in [2.75, 3.05) is 0 Å². The minimum Gasteiger partial charge on any atom is -0.271 e. The second-order valence-corrected chi connectivity index (χ2v) is 5.46. The molecule has 5 heteroatoms. The molecule has 0 spiro atoms. The second-order valence-electron chi connectivity index (χ2n) is 4.61. The molecule has 0 saturated heterocycles. The Balaban J connectivity index is 2.34. The van der Waals surface area contributed by atoms with E-state index >= 15 is 0 Å². The van der Waals surface area contributed by atoms with Crippen molar-refractivity contribution in [2.24, 2.45) is 5.84 Å². The molecule has 2 nitrogen and oxygen atoms in total. The molecule has 0 heterocycles. The number of nitrogens with two attached hydrogens (primary N) is 1. The Morgan fingerprint density at radius 3 is 2.70 bits per heavy atom. The van der Waals surface area contributed by atoms with Gasteiger partial charge in [0.2, 0.25) is 0 Å². The fourth-order valence-electron chi connectivity index (χ4n) is 2.18. The van der Waals surface area contributed by atoms with Gasteiger partial charge in [0, 0.05) is 10.0 Å². The van der Waals surface area contributed by atoms with Crippen LogP contribution in [0, 0.1) is 12.7 Å². The van der Waals surface area contributed by atoms with Gasteiger partial charge in [0.25, 0.3) is 0 Å². The van der Waals surface area contributed by atoms with Crippen molar-refractivity contribution in [3.8, 4) is 0 Å². The predicted molar refractivity (Wildman–Crippen MR) is 81.4 cm³/mol. The maximum absolute atomic E-state index is 13.8. The molecule has 20 heavy (non-hydrogen) atoms. The van der Waals surface area contributed by atoms with Gasteiger partial charge < -0.3 is 0 Å². The summed E-state index contributed by atoms with van der Waals surface area (Å²) in [6.45, 7) is 1.91. The van der Waals surface area contributed by atoms with E-state index in [1.54, 1.807) is 6.07 Å². The first kappa shape index (κ1) is 15.3. The Labute approximate surface area is 127 Å². The van der Waals surface area contributed by atoms with Gasteiger partial charge in [-0.3, -0.25) is 11.3 Å². The van der Waals surface area contributed by atoms with Crippen LogP contribution in [0.4, 0.5) is 4.39 Å². The topological polar surface area (TPSA) is 38.0 Å². The van der Waals surface area contributed by atoms with Gasteiger partial charge in [-0.25, -0.2) is 4.39 Å². The van der Waals surface area contributed by atoms with Gasteiger partial charge in [0.05, 0.1) is 6.04 Å². The van der Waals surface area contributed by atoms with Crippen LogP contribution in [0.2, 0.25) is 10.0 Å². The van der Waals surface area contributed by atoms with E-state index in [1.807, 2.05) is 25.1 Å². The van der Waals surface area contributed by atoms with Gasteiger partial charge in [-0.2, -0.15) is 0 Å². The standard InChI is InChI=1S/C15H15Cl2FN2/c1-9-12(3-2-4-13(9)17)15(20-19)8-10-7-11(16)5-6-14(10)18/h2-7,15,20H,8,19H2,1H3. The highest BCUT2D eigenvalue weighted by Crippen LogP contribution is 2.27. The van der Waals surface area contributed by atoms with Gasteiger partial charge in [-0.1, -0.05) is 35.3 Å². The number of hydrogen-bond donors (Lipinski definition) is 2. The molecule has 0 radical (unpaired) electrons. The molecule has 106 valence electrons. The molecule has 2 aromatic rings. The highest BCUT2D eigenvalue weighted by molar-refractivity contribution is 6.31. The molecule has 0 bridgehead atoms. The van der Waals surface area contributed by atoms with Crippen LogP contribution in [-0.2, 0) is 6.42 Å². The molecule has 0 amide bonds. The van der Waals surface area contributed by atoms with Gasteiger partial charge in [-0.15, -0.1) is 0 Å². The van der Waals surface area contributed by atoms with Crippen LogP contribution in [0.3, 0.4) is 0 Å². The number of halogens is 3. The fraction of sp³-hybridized carbons (Fsp3) is 0.200. The van der Waals surface area contributed by atoms with E-state index < -0.39 is 0 Å². The largest absolute Gasteiger partial charge is 0.271 e. The lowest BCUT2D eigenvalue weighted by Gasteiger charge is -2.19. The first-order valence-corrected chi connectivity index (χ1v) is 6.93. The third kappa shape index (κ3) is 3.30. The number of hydrogen-bond acceptors (Lipinski definition) is 2. The lowest BCUT2D eigenvalue weighted by Crippen LogP contribution is -2.30. The summed E-state index contributed by atoms with van der Waals surface area (Å²) in [7, 11) is 0. The number of hydrazine groups is 1. The van der Waals surface area contributed by atoms with E-state index in [9.17, 15) is 4.39 Å². The predicted octanol–water partition coefficient (Wildman–Crippen LogP) is 4.19. The zero-order valence-corrected chi connectivity index (χ0v) is 12.5. The fourth-order valence-corrected chi connectivity index (χ4v) is 2.56. The highest BCUT2D eigenvalue weighted by atomic mass is 35.5. The van der Waals surface area contributed by atoms with Gasteiger partial charge in [-0.05, 0) is 54.3 Å². The summed E-state index contributed by atoms with van der Waals surface area (Å²) in [5.74, 6) is 5.31. The first-order chi connectivity index (χ1) is 9.52. The third-order valence-electron chi connectivity index (χ3n) is 3.32. The zero-order valence-electron chi connectivity index (χ0n) is 11.0. The molecular formula is C15H15Cl2FN2. The first-order valence-electron chi connectivity index (χ1n) is 6.18. The van der Waals surface area contributed by atoms with Crippen molar-refractivity contribution in [1.29, 1.82) is 0 Å². The van der Waals surface area contributed by atoms with Crippen LogP contribution in [0.25, 0.3) is 0 Å². The average Bonchev–Trinajstić information content (AvgIpc) is 2.43. The van der Waals surface area contributed by atoms with E-state index in [2.05, 4.69) is 5.43 Å². The summed E-state index contributed by atoms with van der Waals surface area (Å²) >= 11 is 12.0. The Bertz CT molecular complexity index is 617. The molecular weight excluding hydrogens is 298 g/mol. The minimum absolute atomic E-state index is 0.235. The lowest BCUT2D eigenvalue weighted by atomic mass is 9.95. The van der Waals surface area contributed by atoms with Crippen molar-refractivity contribution in [1.82, 2.24) is 5.43 Å². The Morgan fingerprint density at radius 1 is 1.25 bits per heavy atom. The molecule has 1 unspecified atom stereocenters. The number of rotatable bonds is 4. The van der Waals surface area contributed by atoms with Gasteiger partial charge in [0.15, 0.2) is 0 Å². The Morgan fingerprint density at radius 2 is 2.00 bits per heavy atom. The lowest BCUT2D eigenvalue weighted by molar-refractivity contribution is 0.527. The highest BCUT2D eigenvalue weighted by Gasteiger charge is 2.16. The van der Waals surface area contributed by atoms with Gasteiger partial charge >= 0.3 is 0 Å². The normalized spacial score (nSPS) is 12.4. The smallest absolute Gasteiger partial charge is 0.126 e. The van der Waals surface area contributed by atoms with Crippen LogP contribution >= 0.6 is 23.2 Å². The monoisotopic (exact) mass is 312 g/mol. The summed E-state index contributed by atoms with van der Waals surface area (Å²) < 4.78 is 13.8. The molecule has 3 N–H and O–H groups in total. The molecule has 0 fully saturated rings. The maximum atomic E-state index is 13.8. The third-order valence-corrected chi connectivity index (χ3v) is 3.96. The number of benzene rings is 2. The van der Waals surface area contributed by atoms with Crippen molar-refractivity contribution < 1.29 is 4.39 Å².